The molecule has 1 aliphatic rings. The molecule has 10 heteroatoms. The Hall–Kier alpha value is -2.94. The second-order valence-corrected chi connectivity index (χ2v) is 10.3. The zero-order valence-electron chi connectivity index (χ0n) is 22.6. The molecule has 1 aromatic heterocycles. The van der Waals surface area contributed by atoms with Crippen molar-refractivity contribution in [3.05, 3.63) is 68.9 Å². The average molecular weight is 576 g/mol. The van der Waals surface area contributed by atoms with Crippen molar-refractivity contribution in [2.75, 3.05) is 57.3 Å². The number of carbonyl (C=O) groups excluding carboxylic acids is 1. The zero-order chi connectivity index (χ0) is 27.8. The van der Waals surface area contributed by atoms with Crippen LogP contribution in [0.25, 0.3) is 10.9 Å². The molecule has 0 saturated carbocycles. The van der Waals surface area contributed by atoms with Gasteiger partial charge in [-0.25, -0.2) is 4.79 Å². The van der Waals surface area contributed by atoms with Gasteiger partial charge < -0.3 is 19.3 Å². The highest BCUT2D eigenvalue weighted by Gasteiger charge is 2.19. The Kier molecular flexibility index (Phi) is 10.4. The molecule has 0 aliphatic carbocycles. The van der Waals surface area contributed by atoms with Crippen LogP contribution in [0.4, 0.5) is 10.5 Å². The van der Waals surface area contributed by atoms with E-state index < -0.39 is 6.09 Å². The number of rotatable bonds is 11. The van der Waals surface area contributed by atoms with Gasteiger partial charge in [0.2, 0.25) is 0 Å². The number of ether oxygens (including phenoxy) is 2. The Balaban J connectivity index is 1.25. The predicted molar refractivity (Wildman–Crippen MR) is 157 cm³/mol. The fourth-order valence-electron chi connectivity index (χ4n) is 4.76. The molecule has 4 rings (SSSR count). The fourth-order valence-corrected chi connectivity index (χ4v) is 5.18. The second-order valence-electron chi connectivity index (χ2n) is 9.49. The maximum atomic E-state index is 12.5. The van der Waals surface area contributed by atoms with E-state index in [1.54, 1.807) is 11.0 Å². The quantitative estimate of drug-likeness (QED) is 0.273. The standard InChI is InChI=1S/C29H36Cl2N4O4/c1-3-33(4-2)29(37)39-21-35-26-20-23(12-10-22(26)11-13-27(35)36)38-19-6-5-14-32-15-17-34(18-16-32)25-9-7-8-24(30)28(25)31/h7-13,20H,3-6,14-19,21H2,1-2H3. The lowest BCUT2D eigenvalue weighted by molar-refractivity contribution is 0.0791. The number of benzene rings is 2. The van der Waals surface area contributed by atoms with Gasteiger partial charge in [-0.15, -0.1) is 0 Å². The minimum Gasteiger partial charge on any atom is -0.494 e. The van der Waals surface area contributed by atoms with Gasteiger partial charge >= 0.3 is 6.09 Å². The number of nitrogens with zero attached hydrogens (tertiary/aromatic N) is 4. The molecule has 1 aliphatic heterocycles. The van der Waals surface area contributed by atoms with Gasteiger partial charge in [0.1, 0.15) is 5.75 Å². The number of hydrogen-bond donors (Lipinski definition) is 0. The van der Waals surface area contributed by atoms with Crippen molar-refractivity contribution in [1.29, 1.82) is 0 Å². The average Bonchev–Trinajstić information content (AvgIpc) is 2.95. The van der Waals surface area contributed by atoms with E-state index in [4.69, 9.17) is 32.7 Å². The third-order valence-electron chi connectivity index (χ3n) is 7.08. The zero-order valence-corrected chi connectivity index (χ0v) is 24.1. The smallest absolute Gasteiger partial charge is 0.411 e. The molecule has 39 heavy (non-hydrogen) atoms. The van der Waals surface area contributed by atoms with E-state index in [1.165, 1.54) is 10.6 Å². The van der Waals surface area contributed by atoms with Crippen molar-refractivity contribution in [2.24, 2.45) is 0 Å². The number of fused-ring (bicyclic) bond motifs is 1. The van der Waals surface area contributed by atoms with Crippen LogP contribution in [0, 0.1) is 0 Å². The van der Waals surface area contributed by atoms with Crippen LogP contribution in [0.15, 0.2) is 53.3 Å². The van der Waals surface area contributed by atoms with Crippen molar-refractivity contribution >= 4 is 45.9 Å². The highest BCUT2D eigenvalue weighted by molar-refractivity contribution is 6.43. The summed E-state index contributed by atoms with van der Waals surface area (Å²) in [5.74, 6) is 0.684. The summed E-state index contributed by atoms with van der Waals surface area (Å²) in [4.78, 5) is 31.1. The van der Waals surface area contributed by atoms with Crippen molar-refractivity contribution in [3.63, 3.8) is 0 Å². The number of carbonyl (C=O) groups is 1. The number of hydrogen-bond acceptors (Lipinski definition) is 6. The van der Waals surface area contributed by atoms with Crippen LogP contribution in [0.2, 0.25) is 10.0 Å². The molecule has 2 heterocycles. The molecule has 0 atom stereocenters. The van der Waals surface area contributed by atoms with E-state index in [1.807, 2.05) is 50.2 Å². The fraction of sp³-hybridized carbons (Fsp3) is 0.448. The van der Waals surface area contributed by atoms with Crippen LogP contribution in [0.3, 0.4) is 0 Å². The molecule has 1 saturated heterocycles. The molecule has 1 amide bonds. The highest BCUT2D eigenvalue weighted by Crippen LogP contribution is 2.32. The van der Waals surface area contributed by atoms with E-state index in [0.29, 0.717) is 41.0 Å². The lowest BCUT2D eigenvalue weighted by atomic mass is 10.2. The van der Waals surface area contributed by atoms with E-state index in [9.17, 15) is 9.59 Å². The summed E-state index contributed by atoms with van der Waals surface area (Å²) in [6.07, 6.45) is 1.50. The maximum Gasteiger partial charge on any atom is 0.411 e. The van der Waals surface area contributed by atoms with Gasteiger partial charge in [0.05, 0.1) is 27.9 Å². The number of halogens is 2. The minimum atomic E-state index is -0.439. The third kappa shape index (κ3) is 7.38. The summed E-state index contributed by atoms with van der Waals surface area (Å²) in [5, 5.41) is 2.08. The molecule has 8 nitrogen and oxygen atoms in total. The molecular weight excluding hydrogens is 539 g/mol. The first-order chi connectivity index (χ1) is 18.9. The number of pyridine rings is 1. The molecule has 210 valence electrons. The van der Waals surface area contributed by atoms with E-state index in [2.05, 4.69) is 9.80 Å². The Morgan fingerprint density at radius 1 is 0.974 bits per heavy atom. The highest BCUT2D eigenvalue weighted by atomic mass is 35.5. The first kappa shape index (κ1) is 29.1. The Morgan fingerprint density at radius 3 is 2.46 bits per heavy atom. The summed E-state index contributed by atoms with van der Waals surface area (Å²) in [7, 11) is 0. The minimum absolute atomic E-state index is 0.147. The molecule has 0 spiro atoms. The SMILES string of the molecule is CCN(CC)C(=O)OCn1c(=O)ccc2ccc(OCCCCN3CCN(c4cccc(Cl)c4Cl)CC3)cc21. The molecule has 2 aromatic carbocycles. The molecular formula is C29H36Cl2N4O4. The summed E-state index contributed by atoms with van der Waals surface area (Å²) in [6, 6.07) is 14.7. The van der Waals surface area contributed by atoms with Crippen molar-refractivity contribution < 1.29 is 14.3 Å². The summed E-state index contributed by atoms with van der Waals surface area (Å²) in [5.41, 5.74) is 1.44. The van der Waals surface area contributed by atoms with Crippen LogP contribution in [0.1, 0.15) is 26.7 Å². The molecule has 0 unspecified atom stereocenters. The summed E-state index contributed by atoms with van der Waals surface area (Å²) in [6.45, 7) is 10.1. The molecule has 1 fully saturated rings. The summed E-state index contributed by atoms with van der Waals surface area (Å²) >= 11 is 12.6. The van der Waals surface area contributed by atoms with Gasteiger partial charge in [0.25, 0.3) is 5.56 Å². The Morgan fingerprint density at radius 2 is 1.72 bits per heavy atom. The van der Waals surface area contributed by atoms with Crippen molar-refractivity contribution in [3.8, 4) is 5.75 Å². The van der Waals surface area contributed by atoms with E-state index in [0.717, 1.165) is 56.6 Å². The monoisotopic (exact) mass is 574 g/mol. The molecule has 0 N–H and O–H groups in total. The number of unbranched alkanes of at least 4 members (excludes halogenated alkanes) is 1. The van der Waals surface area contributed by atoms with Crippen molar-refractivity contribution in [2.45, 2.75) is 33.4 Å². The van der Waals surface area contributed by atoms with Gasteiger partial charge in [-0.2, -0.15) is 0 Å². The van der Waals surface area contributed by atoms with Crippen molar-refractivity contribution in [1.82, 2.24) is 14.4 Å². The van der Waals surface area contributed by atoms with Crippen LogP contribution >= 0.6 is 23.2 Å². The van der Waals surface area contributed by atoms with Gasteiger partial charge in [-0.05, 0) is 69.0 Å². The van der Waals surface area contributed by atoms with Crippen LogP contribution < -0.4 is 15.2 Å². The molecule has 3 aromatic rings. The largest absolute Gasteiger partial charge is 0.494 e. The lowest BCUT2D eigenvalue weighted by Crippen LogP contribution is -2.46. The topological polar surface area (TPSA) is 67.2 Å². The molecule has 0 bridgehead atoms. The number of aromatic nitrogens is 1. The molecule has 0 radical (unpaired) electrons. The van der Waals surface area contributed by atoms with Gasteiger partial charge in [-0.3, -0.25) is 14.3 Å². The van der Waals surface area contributed by atoms with Crippen LogP contribution in [-0.2, 0) is 11.5 Å². The number of amides is 1. The number of piperazine rings is 1. The van der Waals surface area contributed by atoms with E-state index in [-0.39, 0.29) is 12.3 Å². The number of anilines is 1. The maximum absolute atomic E-state index is 12.5. The summed E-state index contributed by atoms with van der Waals surface area (Å²) < 4.78 is 12.9. The first-order valence-electron chi connectivity index (χ1n) is 13.5. The normalized spacial score (nSPS) is 14.0. The Bertz CT molecular complexity index is 1320. The Labute approximate surface area is 239 Å². The van der Waals surface area contributed by atoms with Crippen LogP contribution in [0.5, 0.6) is 5.75 Å². The predicted octanol–water partition coefficient (Wildman–Crippen LogP) is 5.73. The van der Waals surface area contributed by atoms with Gasteiger partial charge in [-0.1, -0.05) is 29.3 Å². The second kappa shape index (κ2) is 13.9. The van der Waals surface area contributed by atoms with Crippen LogP contribution in [-0.4, -0.2) is 72.9 Å². The first-order valence-corrected chi connectivity index (χ1v) is 14.3. The van der Waals surface area contributed by atoms with Gasteiger partial charge in [0.15, 0.2) is 6.73 Å². The van der Waals surface area contributed by atoms with E-state index >= 15 is 0 Å². The lowest BCUT2D eigenvalue weighted by Gasteiger charge is -2.36. The third-order valence-corrected chi connectivity index (χ3v) is 7.89. The van der Waals surface area contributed by atoms with Gasteiger partial charge in [0, 0.05) is 51.4 Å².